The van der Waals surface area contributed by atoms with Gasteiger partial charge in [0.1, 0.15) is 6.10 Å². The van der Waals surface area contributed by atoms with Crippen LogP contribution in [0.5, 0.6) is 0 Å². The van der Waals surface area contributed by atoms with Crippen LogP contribution in [0.3, 0.4) is 0 Å². The summed E-state index contributed by atoms with van der Waals surface area (Å²) >= 11 is 5.96. The van der Waals surface area contributed by atoms with E-state index in [9.17, 15) is 22.3 Å². The van der Waals surface area contributed by atoms with Crippen LogP contribution in [0.4, 0.5) is 8.78 Å². The molecule has 2 heterocycles. The van der Waals surface area contributed by atoms with E-state index < -0.39 is 28.0 Å². The van der Waals surface area contributed by atoms with E-state index in [-0.39, 0.29) is 36.5 Å². The summed E-state index contributed by atoms with van der Waals surface area (Å²) in [5.41, 5.74) is 0.292. The lowest BCUT2D eigenvalue weighted by molar-refractivity contribution is -0.158. The highest BCUT2D eigenvalue weighted by molar-refractivity contribution is 7.88. The Balaban J connectivity index is 1.85. The number of aromatic nitrogens is 2. The standard InChI is InChI=1S/C15H18ClF2N3O3S/c1-25(23,24)21-4-2-10(3-5-21)15(17,18)14(22)12-7-11(16)6-9-8-19-20-13(9)12/h6-8,10,14,22H,2-5H2,1H3,(H,19,20). The van der Waals surface area contributed by atoms with Crippen molar-refractivity contribution in [2.75, 3.05) is 19.3 Å². The Morgan fingerprint density at radius 1 is 1.40 bits per heavy atom. The first-order valence-electron chi connectivity index (χ1n) is 7.74. The Labute approximate surface area is 148 Å². The topological polar surface area (TPSA) is 86.3 Å². The first-order chi connectivity index (χ1) is 11.6. The number of aliphatic hydroxyl groups is 1. The van der Waals surface area contributed by atoms with Crippen molar-refractivity contribution >= 4 is 32.5 Å². The smallest absolute Gasteiger partial charge is 0.280 e. The lowest BCUT2D eigenvalue weighted by Crippen LogP contribution is -2.45. The normalized spacial score (nSPS) is 19.4. The van der Waals surface area contributed by atoms with Gasteiger partial charge in [-0.2, -0.15) is 5.10 Å². The van der Waals surface area contributed by atoms with Gasteiger partial charge < -0.3 is 5.11 Å². The predicted molar refractivity (Wildman–Crippen MR) is 90.2 cm³/mol. The second-order valence-corrected chi connectivity index (χ2v) is 8.76. The Morgan fingerprint density at radius 2 is 2.04 bits per heavy atom. The minimum atomic E-state index is -3.42. The molecular formula is C15H18ClF2N3O3S. The lowest BCUT2D eigenvalue weighted by Gasteiger charge is -2.36. The van der Waals surface area contributed by atoms with Crippen molar-refractivity contribution in [3.05, 3.63) is 28.9 Å². The Bertz CT molecular complexity index is 879. The molecular weight excluding hydrogens is 376 g/mol. The molecule has 0 radical (unpaired) electrons. The number of benzene rings is 1. The zero-order chi connectivity index (χ0) is 18.4. The van der Waals surface area contributed by atoms with E-state index in [4.69, 9.17) is 11.6 Å². The number of aromatic amines is 1. The number of piperidine rings is 1. The average molecular weight is 394 g/mol. The molecule has 0 amide bonds. The highest BCUT2D eigenvalue weighted by atomic mass is 35.5. The summed E-state index contributed by atoms with van der Waals surface area (Å²) in [5, 5.41) is 17.6. The van der Waals surface area contributed by atoms with Crippen molar-refractivity contribution < 1.29 is 22.3 Å². The number of sulfonamides is 1. The maximum absolute atomic E-state index is 14.9. The van der Waals surface area contributed by atoms with Gasteiger partial charge in [0.2, 0.25) is 10.0 Å². The molecule has 138 valence electrons. The van der Waals surface area contributed by atoms with E-state index in [0.717, 1.165) is 6.26 Å². The maximum atomic E-state index is 14.9. The van der Waals surface area contributed by atoms with Crippen molar-refractivity contribution in [2.45, 2.75) is 24.9 Å². The molecule has 1 fully saturated rings. The quantitative estimate of drug-likeness (QED) is 0.835. The van der Waals surface area contributed by atoms with Crippen LogP contribution < -0.4 is 0 Å². The van der Waals surface area contributed by atoms with Gasteiger partial charge in [0.05, 0.1) is 18.0 Å². The number of hydrogen-bond acceptors (Lipinski definition) is 4. The third-order valence-corrected chi connectivity index (χ3v) is 6.19. The van der Waals surface area contributed by atoms with Gasteiger partial charge in [-0.3, -0.25) is 5.10 Å². The number of aliphatic hydroxyl groups excluding tert-OH is 1. The van der Waals surface area contributed by atoms with Crippen LogP contribution in [-0.2, 0) is 10.0 Å². The Kier molecular flexibility index (Phi) is 4.78. The zero-order valence-electron chi connectivity index (χ0n) is 13.4. The molecule has 1 aromatic carbocycles. The van der Waals surface area contributed by atoms with Gasteiger partial charge >= 0.3 is 0 Å². The number of H-pyrrole nitrogens is 1. The van der Waals surface area contributed by atoms with Gasteiger partial charge in [-0.25, -0.2) is 21.5 Å². The fraction of sp³-hybridized carbons (Fsp3) is 0.533. The monoisotopic (exact) mass is 393 g/mol. The first kappa shape index (κ1) is 18.5. The number of halogens is 3. The van der Waals surface area contributed by atoms with Gasteiger partial charge in [0.25, 0.3) is 5.92 Å². The predicted octanol–water partition coefficient (Wildman–Crippen LogP) is 2.56. The number of nitrogens with one attached hydrogen (secondary N) is 1. The summed E-state index contributed by atoms with van der Waals surface area (Å²) in [6.45, 7) is 0.0294. The Hall–Kier alpha value is -1.29. The molecule has 1 aromatic heterocycles. The van der Waals surface area contributed by atoms with Crippen molar-refractivity contribution in [2.24, 2.45) is 5.92 Å². The number of rotatable bonds is 4. The van der Waals surface area contributed by atoms with Gasteiger partial charge in [-0.15, -0.1) is 0 Å². The van der Waals surface area contributed by atoms with E-state index in [1.54, 1.807) is 6.07 Å². The fourth-order valence-corrected chi connectivity index (χ4v) is 4.37. The third-order valence-electron chi connectivity index (χ3n) is 4.67. The first-order valence-corrected chi connectivity index (χ1v) is 9.97. The van der Waals surface area contributed by atoms with Gasteiger partial charge in [0.15, 0.2) is 0 Å². The summed E-state index contributed by atoms with van der Waals surface area (Å²) in [6, 6.07) is 2.87. The fourth-order valence-electron chi connectivity index (χ4n) is 3.27. The van der Waals surface area contributed by atoms with E-state index in [2.05, 4.69) is 10.2 Å². The number of hydrogen-bond donors (Lipinski definition) is 2. The van der Waals surface area contributed by atoms with Crippen LogP contribution in [0.15, 0.2) is 18.3 Å². The lowest BCUT2D eigenvalue weighted by atomic mass is 9.85. The van der Waals surface area contributed by atoms with Crippen LogP contribution in [0.1, 0.15) is 24.5 Å². The summed E-state index contributed by atoms with van der Waals surface area (Å²) in [6.07, 6.45) is 0.388. The minimum absolute atomic E-state index is 0.0147. The van der Waals surface area contributed by atoms with Crippen LogP contribution in [0, 0.1) is 5.92 Å². The molecule has 0 bridgehead atoms. The molecule has 2 N–H and O–H groups in total. The second kappa shape index (κ2) is 6.46. The SMILES string of the molecule is CS(=O)(=O)N1CCC(C(F)(F)C(O)c2cc(Cl)cc3cn[nH]c23)CC1. The van der Waals surface area contributed by atoms with Gasteiger partial charge in [0, 0.05) is 35.0 Å². The highest BCUT2D eigenvalue weighted by Crippen LogP contribution is 2.44. The molecule has 1 aliphatic rings. The molecule has 3 rings (SSSR count). The van der Waals surface area contributed by atoms with Crippen molar-refractivity contribution in [3.63, 3.8) is 0 Å². The number of alkyl halides is 2. The van der Waals surface area contributed by atoms with Crippen molar-refractivity contribution in [3.8, 4) is 0 Å². The van der Waals surface area contributed by atoms with Gasteiger partial charge in [-0.1, -0.05) is 11.6 Å². The number of nitrogens with zero attached hydrogens (tertiary/aromatic N) is 2. The van der Waals surface area contributed by atoms with Crippen molar-refractivity contribution in [1.82, 2.24) is 14.5 Å². The van der Waals surface area contributed by atoms with E-state index in [1.165, 1.54) is 16.6 Å². The van der Waals surface area contributed by atoms with Crippen LogP contribution >= 0.6 is 11.6 Å². The molecule has 0 aliphatic carbocycles. The summed E-state index contributed by atoms with van der Waals surface area (Å²) in [7, 11) is -3.40. The molecule has 1 saturated heterocycles. The summed E-state index contributed by atoms with van der Waals surface area (Å²) < 4.78 is 54.0. The molecule has 6 nitrogen and oxygen atoms in total. The summed E-state index contributed by atoms with van der Waals surface area (Å²) in [4.78, 5) is 0. The second-order valence-electron chi connectivity index (χ2n) is 6.34. The highest BCUT2D eigenvalue weighted by Gasteiger charge is 2.49. The van der Waals surface area contributed by atoms with E-state index >= 15 is 0 Å². The molecule has 1 aliphatic heterocycles. The average Bonchev–Trinajstić information content (AvgIpc) is 3.00. The summed E-state index contributed by atoms with van der Waals surface area (Å²) in [5.74, 6) is -4.55. The van der Waals surface area contributed by atoms with Gasteiger partial charge in [-0.05, 0) is 25.0 Å². The van der Waals surface area contributed by atoms with Crippen molar-refractivity contribution in [1.29, 1.82) is 0 Å². The Morgan fingerprint density at radius 3 is 2.64 bits per heavy atom. The van der Waals surface area contributed by atoms with E-state index in [1.807, 2.05) is 0 Å². The molecule has 1 atom stereocenters. The molecule has 25 heavy (non-hydrogen) atoms. The minimum Gasteiger partial charge on any atom is -0.382 e. The third kappa shape index (κ3) is 3.51. The largest absolute Gasteiger partial charge is 0.382 e. The van der Waals surface area contributed by atoms with E-state index in [0.29, 0.717) is 10.9 Å². The molecule has 1 unspecified atom stereocenters. The molecule has 2 aromatic rings. The number of fused-ring (bicyclic) bond motifs is 1. The van der Waals surface area contributed by atoms with Crippen LogP contribution in [0.25, 0.3) is 10.9 Å². The van der Waals surface area contributed by atoms with Crippen LogP contribution in [-0.4, -0.2) is 53.3 Å². The van der Waals surface area contributed by atoms with Crippen LogP contribution in [0.2, 0.25) is 5.02 Å². The molecule has 10 heteroatoms. The molecule has 0 spiro atoms. The molecule has 0 saturated carbocycles. The maximum Gasteiger partial charge on any atom is 0.280 e. The zero-order valence-corrected chi connectivity index (χ0v) is 15.0.